The van der Waals surface area contributed by atoms with Crippen molar-refractivity contribution in [2.75, 3.05) is 6.61 Å². The van der Waals surface area contributed by atoms with E-state index in [2.05, 4.69) is 29.9 Å². The van der Waals surface area contributed by atoms with Crippen LogP contribution in [0, 0.1) is 0 Å². The number of hydrogen-bond donors (Lipinski definition) is 1. The standard InChI is InChI=1S/C13H20N2O2Si/c1-18(2,3)7-6-17-9-10-4-5-11-12(15-10)8-14-13(11)16/h4-5H,6-9H2,1-3H3,(H,14,16). The zero-order valence-corrected chi connectivity index (χ0v) is 12.2. The predicted octanol–water partition coefficient (Wildman–Crippen LogP) is 2.18. The van der Waals surface area contributed by atoms with Crippen molar-refractivity contribution in [3.63, 3.8) is 0 Å². The monoisotopic (exact) mass is 264 g/mol. The summed E-state index contributed by atoms with van der Waals surface area (Å²) in [6, 6.07) is 4.87. The van der Waals surface area contributed by atoms with Crippen LogP contribution in [0.3, 0.4) is 0 Å². The van der Waals surface area contributed by atoms with Crippen molar-refractivity contribution in [1.82, 2.24) is 10.3 Å². The van der Waals surface area contributed by atoms with Gasteiger partial charge in [0.05, 0.1) is 30.1 Å². The van der Waals surface area contributed by atoms with Crippen LogP contribution < -0.4 is 5.32 Å². The minimum atomic E-state index is -1.02. The van der Waals surface area contributed by atoms with Gasteiger partial charge < -0.3 is 10.1 Å². The molecule has 0 saturated heterocycles. The Morgan fingerprint density at radius 3 is 2.89 bits per heavy atom. The molecule has 0 aromatic carbocycles. The third kappa shape index (κ3) is 3.40. The number of fused-ring (bicyclic) bond motifs is 1. The largest absolute Gasteiger partial charge is 0.375 e. The first-order valence-corrected chi connectivity index (χ1v) is 10.0. The van der Waals surface area contributed by atoms with Crippen LogP contribution >= 0.6 is 0 Å². The number of nitrogens with zero attached hydrogens (tertiary/aromatic N) is 1. The Labute approximate surface area is 109 Å². The number of nitrogens with one attached hydrogen (secondary N) is 1. The minimum Gasteiger partial charge on any atom is -0.375 e. The Morgan fingerprint density at radius 2 is 2.17 bits per heavy atom. The molecule has 0 bridgehead atoms. The van der Waals surface area contributed by atoms with Gasteiger partial charge in [-0.3, -0.25) is 9.78 Å². The number of hydrogen-bond acceptors (Lipinski definition) is 3. The molecule has 0 saturated carbocycles. The summed E-state index contributed by atoms with van der Waals surface area (Å²) in [7, 11) is -1.02. The van der Waals surface area contributed by atoms with E-state index in [0.717, 1.165) is 24.0 Å². The van der Waals surface area contributed by atoms with Crippen molar-refractivity contribution >= 4 is 14.0 Å². The molecule has 0 aliphatic carbocycles. The molecule has 0 spiro atoms. The molecule has 1 aliphatic rings. The molecule has 5 heteroatoms. The second-order valence-corrected chi connectivity index (χ2v) is 11.5. The molecule has 0 fully saturated rings. The third-order valence-corrected chi connectivity index (χ3v) is 4.64. The van der Waals surface area contributed by atoms with Crippen LogP contribution in [0.5, 0.6) is 0 Å². The lowest BCUT2D eigenvalue weighted by Gasteiger charge is -2.15. The van der Waals surface area contributed by atoms with Crippen LogP contribution in [-0.4, -0.2) is 25.6 Å². The Kier molecular flexibility index (Phi) is 3.82. The minimum absolute atomic E-state index is 0.0244. The van der Waals surface area contributed by atoms with E-state index in [0.29, 0.717) is 18.7 Å². The van der Waals surface area contributed by atoms with Gasteiger partial charge >= 0.3 is 0 Å². The Balaban J connectivity index is 1.86. The van der Waals surface area contributed by atoms with Crippen molar-refractivity contribution in [1.29, 1.82) is 0 Å². The molecule has 2 rings (SSSR count). The number of ether oxygens (including phenoxy) is 1. The predicted molar refractivity (Wildman–Crippen MR) is 73.2 cm³/mol. The average molecular weight is 264 g/mol. The fraction of sp³-hybridized carbons (Fsp3) is 0.538. The average Bonchev–Trinajstić information content (AvgIpc) is 2.65. The maximum atomic E-state index is 11.4. The quantitative estimate of drug-likeness (QED) is 0.655. The summed E-state index contributed by atoms with van der Waals surface area (Å²) in [6.07, 6.45) is 0. The topological polar surface area (TPSA) is 51.2 Å². The van der Waals surface area contributed by atoms with E-state index < -0.39 is 8.07 Å². The van der Waals surface area contributed by atoms with E-state index in [1.54, 1.807) is 0 Å². The fourth-order valence-electron chi connectivity index (χ4n) is 1.78. The molecule has 2 heterocycles. The van der Waals surface area contributed by atoms with E-state index in [-0.39, 0.29) is 5.91 Å². The van der Waals surface area contributed by atoms with E-state index in [1.807, 2.05) is 12.1 Å². The SMILES string of the molecule is C[Si](C)(C)CCOCc1ccc2c(n1)CNC2=O. The number of carbonyl (C=O) groups is 1. The summed E-state index contributed by atoms with van der Waals surface area (Å²) in [6.45, 7) is 8.87. The maximum Gasteiger partial charge on any atom is 0.253 e. The van der Waals surface area contributed by atoms with Gasteiger partial charge in [-0.05, 0) is 18.2 Å². The van der Waals surface area contributed by atoms with Gasteiger partial charge in [0.1, 0.15) is 0 Å². The van der Waals surface area contributed by atoms with Gasteiger partial charge in [-0.15, -0.1) is 0 Å². The third-order valence-electron chi connectivity index (χ3n) is 2.94. The van der Waals surface area contributed by atoms with Gasteiger partial charge in [0.15, 0.2) is 0 Å². The van der Waals surface area contributed by atoms with Gasteiger partial charge in [0, 0.05) is 14.7 Å². The Hall–Kier alpha value is -1.20. The molecular weight excluding hydrogens is 244 g/mol. The summed E-state index contributed by atoms with van der Waals surface area (Å²) >= 11 is 0. The van der Waals surface area contributed by atoms with Crippen LogP contribution in [0.4, 0.5) is 0 Å². The number of pyridine rings is 1. The molecule has 1 aromatic rings. The molecule has 4 nitrogen and oxygen atoms in total. The maximum absolute atomic E-state index is 11.4. The van der Waals surface area contributed by atoms with Crippen molar-refractivity contribution in [3.8, 4) is 0 Å². The second kappa shape index (κ2) is 5.20. The molecule has 18 heavy (non-hydrogen) atoms. The van der Waals surface area contributed by atoms with Crippen molar-refractivity contribution in [2.24, 2.45) is 0 Å². The highest BCUT2D eigenvalue weighted by molar-refractivity contribution is 6.76. The van der Waals surface area contributed by atoms with Gasteiger partial charge in [0.2, 0.25) is 0 Å². The molecule has 98 valence electrons. The first-order valence-electron chi connectivity index (χ1n) is 6.30. The lowest BCUT2D eigenvalue weighted by Crippen LogP contribution is -2.21. The smallest absolute Gasteiger partial charge is 0.253 e. The fourth-order valence-corrected chi connectivity index (χ4v) is 2.54. The zero-order chi connectivity index (χ0) is 13.2. The molecule has 0 atom stereocenters. The van der Waals surface area contributed by atoms with Crippen LogP contribution in [0.1, 0.15) is 21.7 Å². The lowest BCUT2D eigenvalue weighted by molar-refractivity contribution is 0.0965. The number of amides is 1. The highest BCUT2D eigenvalue weighted by Crippen LogP contribution is 2.14. The normalized spacial score (nSPS) is 14.5. The number of carbonyl (C=O) groups excluding carboxylic acids is 1. The van der Waals surface area contributed by atoms with Crippen molar-refractivity contribution in [2.45, 2.75) is 38.8 Å². The van der Waals surface area contributed by atoms with Gasteiger partial charge in [-0.25, -0.2) is 0 Å². The highest BCUT2D eigenvalue weighted by Gasteiger charge is 2.20. The van der Waals surface area contributed by atoms with Crippen LogP contribution in [0.2, 0.25) is 25.7 Å². The summed E-state index contributed by atoms with van der Waals surface area (Å²) in [5.74, 6) is -0.0244. The van der Waals surface area contributed by atoms with Crippen molar-refractivity contribution in [3.05, 3.63) is 29.1 Å². The summed E-state index contributed by atoms with van der Waals surface area (Å²) in [5, 5.41) is 2.76. The lowest BCUT2D eigenvalue weighted by atomic mass is 10.2. The van der Waals surface area contributed by atoms with E-state index in [4.69, 9.17) is 4.74 Å². The first kappa shape index (κ1) is 13.2. The van der Waals surface area contributed by atoms with E-state index in [1.165, 1.54) is 0 Å². The number of aromatic nitrogens is 1. The van der Waals surface area contributed by atoms with Crippen LogP contribution in [-0.2, 0) is 17.9 Å². The molecule has 1 N–H and O–H groups in total. The molecular formula is C13H20N2O2Si. The summed E-state index contributed by atoms with van der Waals surface area (Å²) < 4.78 is 5.65. The number of rotatable bonds is 5. The Bertz CT molecular complexity index is 455. The van der Waals surface area contributed by atoms with Gasteiger partial charge in [-0.2, -0.15) is 0 Å². The molecule has 1 aliphatic heterocycles. The molecule has 0 radical (unpaired) electrons. The van der Waals surface area contributed by atoms with E-state index in [9.17, 15) is 4.79 Å². The van der Waals surface area contributed by atoms with Crippen LogP contribution in [0.15, 0.2) is 12.1 Å². The zero-order valence-electron chi connectivity index (χ0n) is 11.2. The van der Waals surface area contributed by atoms with Crippen molar-refractivity contribution < 1.29 is 9.53 Å². The van der Waals surface area contributed by atoms with Crippen LogP contribution in [0.25, 0.3) is 0 Å². The highest BCUT2D eigenvalue weighted by atomic mass is 28.3. The van der Waals surface area contributed by atoms with Gasteiger partial charge in [0.25, 0.3) is 5.91 Å². The van der Waals surface area contributed by atoms with Gasteiger partial charge in [-0.1, -0.05) is 19.6 Å². The molecule has 0 unspecified atom stereocenters. The molecule has 1 amide bonds. The second-order valence-electron chi connectivity index (χ2n) is 5.84. The van der Waals surface area contributed by atoms with E-state index >= 15 is 0 Å². The summed E-state index contributed by atoms with van der Waals surface area (Å²) in [4.78, 5) is 15.8. The Morgan fingerprint density at radius 1 is 1.39 bits per heavy atom. The molecule has 1 aromatic heterocycles. The first-order chi connectivity index (χ1) is 8.46. The summed E-state index contributed by atoms with van der Waals surface area (Å²) in [5.41, 5.74) is 2.44.